The summed E-state index contributed by atoms with van der Waals surface area (Å²) in [5.41, 5.74) is 7.94. The molecule has 1 heterocycles. The largest absolute Gasteiger partial charge is 0.508 e. The Kier molecular flexibility index (Phi) is 2.45. The topological polar surface area (TPSA) is 23.5 Å². The third-order valence-electron chi connectivity index (χ3n) is 5.00. The first-order valence-corrected chi connectivity index (χ1v) is 7.30. The van der Waals surface area contributed by atoms with Gasteiger partial charge in [-0.1, -0.05) is 24.3 Å². The second kappa shape index (κ2) is 4.10. The second-order valence-electron chi connectivity index (χ2n) is 6.07. The number of hydrogen-bond donors (Lipinski definition) is 1. The predicted octanol–water partition coefficient (Wildman–Crippen LogP) is 3.45. The molecule has 1 N–H and O–H groups in total. The molecule has 4 rings (SSSR count). The van der Waals surface area contributed by atoms with Crippen molar-refractivity contribution in [3.8, 4) is 16.9 Å². The minimum Gasteiger partial charge on any atom is -0.508 e. The van der Waals surface area contributed by atoms with Crippen LogP contribution in [0.4, 0.5) is 0 Å². The molecule has 0 saturated heterocycles. The number of fused-ring (bicyclic) bond motifs is 2. The summed E-state index contributed by atoms with van der Waals surface area (Å²) in [5.74, 6) is 0.406. The Morgan fingerprint density at radius 2 is 2.00 bits per heavy atom. The van der Waals surface area contributed by atoms with Gasteiger partial charge in [0.05, 0.1) is 0 Å². The monoisotopic (exact) mass is 265 g/mol. The van der Waals surface area contributed by atoms with E-state index in [9.17, 15) is 5.11 Å². The van der Waals surface area contributed by atoms with Gasteiger partial charge in [0.1, 0.15) is 5.75 Å². The highest BCUT2D eigenvalue weighted by Gasteiger charge is 2.33. The van der Waals surface area contributed by atoms with Crippen LogP contribution in [-0.4, -0.2) is 23.6 Å². The number of nitrogens with zero attached hydrogens (tertiary/aromatic N) is 1. The van der Waals surface area contributed by atoms with E-state index < -0.39 is 0 Å². The molecule has 0 unspecified atom stereocenters. The zero-order chi connectivity index (χ0) is 13.9. The lowest BCUT2D eigenvalue weighted by Crippen LogP contribution is -2.35. The van der Waals surface area contributed by atoms with Crippen molar-refractivity contribution >= 4 is 0 Å². The third kappa shape index (κ3) is 1.49. The minimum absolute atomic E-state index is 0.406. The molecule has 20 heavy (non-hydrogen) atoms. The quantitative estimate of drug-likeness (QED) is 0.788. The molecule has 2 heteroatoms. The summed E-state index contributed by atoms with van der Waals surface area (Å²) < 4.78 is 0. The Morgan fingerprint density at radius 3 is 2.85 bits per heavy atom. The molecule has 1 atom stereocenters. The molecule has 0 spiro atoms. The van der Waals surface area contributed by atoms with Crippen molar-refractivity contribution in [3.63, 3.8) is 0 Å². The molecule has 2 nitrogen and oxygen atoms in total. The smallest absolute Gasteiger partial charge is 0.119 e. The van der Waals surface area contributed by atoms with Crippen LogP contribution in [0.2, 0.25) is 0 Å². The number of aromatic hydroxyl groups is 1. The van der Waals surface area contributed by atoms with Gasteiger partial charge in [-0.25, -0.2) is 0 Å². The highest BCUT2D eigenvalue weighted by atomic mass is 16.3. The Hall–Kier alpha value is -1.80. The van der Waals surface area contributed by atoms with E-state index in [0.29, 0.717) is 11.8 Å². The molecule has 1 aliphatic carbocycles. The number of hydrogen-bond acceptors (Lipinski definition) is 2. The van der Waals surface area contributed by atoms with Gasteiger partial charge in [0, 0.05) is 12.6 Å². The Bertz CT molecular complexity index is 705. The molecular formula is C18H19NO. The summed E-state index contributed by atoms with van der Waals surface area (Å²) in [6, 6.07) is 11.1. The van der Waals surface area contributed by atoms with Gasteiger partial charge in [0.25, 0.3) is 0 Å². The summed E-state index contributed by atoms with van der Waals surface area (Å²) in [6.45, 7) is 3.16. The van der Waals surface area contributed by atoms with Crippen molar-refractivity contribution in [2.75, 3.05) is 13.6 Å². The average Bonchev–Trinajstić information content (AvgIpc) is 2.46. The predicted molar refractivity (Wildman–Crippen MR) is 81.1 cm³/mol. The van der Waals surface area contributed by atoms with Gasteiger partial charge in [0.2, 0.25) is 0 Å². The lowest BCUT2D eigenvalue weighted by molar-refractivity contribution is 0.228. The van der Waals surface area contributed by atoms with Crippen molar-refractivity contribution in [2.24, 2.45) is 0 Å². The van der Waals surface area contributed by atoms with Crippen LogP contribution in [0.3, 0.4) is 0 Å². The van der Waals surface area contributed by atoms with Crippen LogP contribution in [0.15, 0.2) is 30.3 Å². The standard InChI is InChI=1S/C18H19NO/c1-11-16(20)7-6-13-10-15-18-12(8-9-19(15)2)4-3-5-14(18)17(11)13/h3-7,15,20H,8-10H2,1-2H3/t15-/m0/s1. The Labute approximate surface area is 119 Å². The van der Waals surface area contributed by atoms with Gasteiger partial charge in [-0.05, 0) is 66.3 Å². The van der Waals surface area contributed by atoms with Gasteiger partial charge in [-0.3, -0.25) is 4.90 Å². The molecular weight excluding hydrogens is 246 g/mol. The Morgan fingerprint density at radius 1 is 1.15 bits per heavy atom. The number of phenolic OH excluding ortho intramolecular Hbond substituents is 1. The normalized spacial score (nSPS) is 20.4. The van der Waals surface area contributed by atoms with Gasteiger partial charge < -0.3 is 5.11 Å². The highest BCUT2D eigenvalue weighted by Crippen LogP contribution is 2.47. The summed E-state index contributed by atoms with van der Waals surface area (Å²) in [6.07, 6.45) is 2.18. The van der Waals surface area contributed by atoms with Gasteiger partial charge in [0.15, 0.2) is 0 Å². The fourth-order valence-electron chi connectivity index (χ4n) is 3.88. The van der Waals surface area contributed by atoms with E-state index >= 15 is 0 Å². The van der Waals surface area contributed by atoms with E-state index in [4.69, 9.17) is 0 Å². The van der Waals surface area contributed by atoms with Crippen molar-refractivity contribution in [2.45, 2.75) is 25.8 Å². The fraction of sp³-hybridized carbons (Fsp3) is 0.333. The average molecular weight is 265 g/mol. The maximum absolute atomic E-state index is 10.0. The van der Waals surface area contributed by atoms with Crippen LogP contribution in [0.1, 0.15) is 28.3 Å². The van der Waals surface area contributed by atoms with E-state index in [1.807, 2.05) is 13.0 Å². The Balaban J connectivity index is 2.05. The molecule has 0 amide bonds. The fourth-order valence-corrected chi connectivity index (χ4v) is 3.88. The second-order valence-corrected chi connectivity index (χ2v) is 6.07. The molecule has 0 bridgehead atoms. The van der Waals surface area contributed by atoms with Crippen LogP contribution in [-0.2, 0) is 12.8 Å². The van der Waals surface area contributed by atoms with E-state index in [-0.39, 0.29) is 0 Å². The minimum atomic E-state index is 0.406. The zero-order valence-corrected chi connectivity index (χ0v) is 12.0. The molecule has 0 aromatic heterocycles. The van der Waals surface area contributed by atoms with Crippen LogP contribution >= 0.6 is 0 Å². The summed E-state index contributed by atoms with van der Waals surface area (Å²) in [4.78, 5) is 2.47. The molecule has 2 aliphatic rings. The lowest BCUT2D eigenvalue weighted by Gasteiger charge is -2.40. The van der Waals surface area contributed by atoms with Gasteiger partial charge in [-0.15, -0.1) is 0 Å². The van der Waals surface area contributed by atoms with E-state index in [0.717, 1.165) is 24.9 Å². The number of phenols is 1. The molecule has 0 radical (unpaired) electrons. The number of benzene rings is 2. The van der Waals surface area contributed by atoms with Crippen molar-refractivity contribution in [1.29, 1.82) is 0 Å². The summed E-state index contributed by atoms with van der Waals surface area (Å²) >= 11 is 0. The highest BCUT2D eigenvalue weighted by molar-refractivity contribution is 5.79. The first kappa shape index (κ1) is 12.0. The molecule has 2 aromatic carbocycles. The summed E-state index contributed by atoms with van der Waals surface area (Å²) in [5, 5.41) is 10.0. The van der Waals surface area contributed by atoms with Crippen LogP contribution in [0.25, 0.3) is 11.1 Å². The maximum atomic E-state index is 10.0. The van der Waals surface area contributed by atoms with Crippen molar-refractivity contribution < 1.29 is 5.11 Å². The lowest BCUT2D eigenvalue weighted by atomic mass is 9.76. The van der Waals surface area contributed by atoms with Crippen molar-refractivity contribution in [1.82, 2.24) is 4.90 Å². The molecule has 0 saturated carbocycles. The molecule has 2 aromatic rings. The van der Waals surface area contributed by atoms with E-state index in [1.165, 1.54) is 27.8 Å². The van der Waals surface area contributed by atoms with Crippen LogP contribution < -0.4 is 0 Å². The summed E-state index contributed by atoms with van der Waals surface area (Å²) in [7, 11) is 2.22. The molecule has 0 fully saturated rings. The van der Waals surface area contributed by atoms with Crippen molar-refractivity contribution in [3.05, 3.63) is 52.6 Å². The van der Waals surface area contributed by atoms with Gasteiger partial charge in [-0.2, -0.15) is 0 Å². The van der Waals surface area contributed by atoms with E-state index in [2.05, 4.69) is 36.2 Å². The van der Waals surface area contributed by atoms with Crippen LogP contribution in [0, 0.1) is 6.92 Å². The van der Waals surface area contributed by atoms with Gasteiger partial charge >= 0.3 is 0 Å². The number of rotatable bonds is 0. The molecule has 102 valence electrons. The SMILES string of the molecule is Cc1c(O)ccc2c1-c1cccc3c1[C@H](C2)N(C)CC3. The van der Waals surface area contributed by atoms with Crippen LogP contribution in [0.5, 0.6) is 5.75 Å². The first-order chi connectivity index (χ1) is 9.66. The van der Waals surface area contributed by atoms with E-state index in [1.54, 1.807) is 0 Å². The maximum Gasteiger partial charge on any atom is 0.119 e. The zero-order valence-electron chi connectivity index (χ0n) is 12.0. The number of likely N-dealkylation sites (N-methyl/N-ethyl adjacent to an activating group) is 1. The third-order valence-corrected chi connectivity index (χ3v) is 5.00. The molecule has 1 aliphatic heterocycles. The first-order valence-electron chi connectivity index (χ1n) is 7.30.